The average Bonchev–Trinajstić information content (AvgIpc) is 2.42. The molecule has 1 N–H and O–H groups in total. The first-order valence-corrected chi connectivity index (χ1v) is 6.83. The zero-order valence-corrected chi connectivity index (χ0v) is 11.6. The van der Waals surface area contributed by atoms with Crippen molar-refractivity contribution in [3.63, 3.8) is 0 Å². The van der Waals surface area contributed by atoms with Gasteiger partial charge in [-0.3, -0.25) is 4.90 Å². The Morgan fingerprint density at radius 2 is 2.35 bits per heavy atom. The van der Waals surface area contributed by atoms with Gasteiger partial charge in [0.15, 0.2) is 0 Å². The summed E-state index contributed by atoms with van der Waals surface area (Å²) in [6.07, 6.45) is 2.19. The van der Waals surface area contributed by atoms with Gasteiger partial charge in [0.25, 0.3) is 0 Å². The van der Waals surface area contributed by atoms with E-state index in [0.717, 1.165) is 25.9 Å². The maximum Gasteiger partial charge on any atom is 0.335 e. The number of carbonyl (C=O) groups is 1. The Bertz CT molecular complexity index is 476. The second kappa shape index (κ2) is 6.81. The molecule has 1 fully saturated rings. The van der Waals surface area contributed by atoms with Gasteiger partial charge in [-0.05, 0) is 43.5 Å². The minimum absolute atomic E-state index is 0.131. The number of hydrogen-bond donors (Lipinski definition) is 1. The maximum atomic E-state index is 13.8. The third-order valence-corrected chi connectivity index (χ3v) is 3.69. The lowest BCUT2D eigenvalue weighted by molar-refractivity contribution is 0.0696. The number of carboxylic acid groups (broad SMARTS) is 1. The number of likely N-dealkylation sites (tertiary alicyclic amines) is 1. The van der Waals surface area contributed by atoms with Crippen LogP contribution in [0.1, 0.15) is 28.8 Å². The van der Waals surface area contributed by atoms with Crippen LogP contribution >= 0.6 is 0 Å². The van der Waals surface area contributed by atoms with Crippen molar-refractivity contribution in [3.8, 4) is 0 Å². The molecule has 1 unspecified atom stereocenters. The maximum absolute atomic E-state index is 13.8. The summed E-state index contributed by atoms with van der Waals surface area (Å²) in [6, 6.07) is 3.96. The van der Waals surface area contributed by atoms with Crippen molar-refractivity contribution in [3.05, 3.63) is 35.1 Å². The highest BCUT2D eigenvalue weighted by Gasteiger charge is 2.21. The molecule has 1 atom stereocenters. The first-order valence-electron chi connectivity index (χ1n) is 6.83. The van der Waals surface area contributed by atoms with Crippen LogP contribution in [0.5, 0.6) is 0 Å². The fourth-order valence-electron chi connectivity index (χ4n) is 2.74. The van der Waals surface area contributed by atoms with Crippen LogP contribution in [-0.4, -0.2) is 42.8 Å². The molecule has 0 aliphatic carbocycles. The van der Waals surface area contributed by atoms with Crippen molar-refractivity contribution < 1.29 is 19.0 Å². The largest absolute Gasteiger partial charge is 0.478 e. The van der Waals surface area contributed by atoms with Gasteiger partial charge in [0.1, 0.15) is 5.82 Å². The van der Waals surface area contributed by atoms with E-state index < -0.39 is 5.97 Å². The third kappa shape index (κ3) is 3.77. The van der Waals surface area contributed by atoms with Gasteiger partial charge < -0.3 is 9.84 Å². The fourth-order valence-corrected chi connectivity index (χ4v) is 2.74. The molecule has 0 aromatic heterocycles. The molecule has 0 amide bonds. The SMILES string of the molecule is COCC1CCCN(Cc2cc(C(=O)O)ccc2F)C1. The zero-order chi connectivity index (χ0) is 14.5. The molecule has 1 aliphatic heterocycles. The van der Waals surface area contributed by atoms with Crippen LogP contribution in [0.2, 0.25) is 0 Å². The molecule has 0 bridgehead atoms. The summed E-state index contributed by atoms with van der Waals surface area (Å²) in [6.45, 7) is 2.95. The highest BCUT2D eigenvalue weighted by Crippen LogP contribution is 2.20. The van der Waals surface area contributed by atoms with Gasteiger partial charge in [-0.2, -0.15) is 0 Å². The predicted molar refractivity (Wildman–Crippen MR) is 73.2 cm³/mol. The molecule has 2 rings (SSSR count). The van der Waals surface area contributed by atoms with Gasteiger partial charge in [0, 0.05) is 25.8 Å². The molecule has 4 nitrogen and oxygen atoms in total. The third-order valence-electron chi connectivity index (χ3n) is 3.69. The number of carboxylic acids is 1. The van der Waals surface area contributed by atoms with Crippen LogP contribution in [0.4, 0.5) is 4.39 Å². The summed E-state index contributed by atoms with van der Waals surface area (Å²) in [5.74, 6) is -0.898. The van der Waals surface area contributed by atoms with Gasteiger partial charge in [-0.15, -0.1) is 0 Å². The summed E-state index contributed by atoms with van der Waals surface area (Å²) >= 11 is 0. The smallest absolute Gasteiger partial charge is 0.335 e. The summed E-state index contributed by atoms with van der Waals surface area (Å²) in [7, 11) is 1.69. The molecule has 110 valence electrons. The summed E-state index contributed by atoms with van der Waals surface area (Å²) in [5.41, 5.74) is 0.579. The van der Waals surface area contributed by atoms with Crippen molar-refractivity contribution in [2.45, 2.75) is 19.4 Å². The number of benzene rings is 1. The van der Waals surface area contributed by atoms with Crippen LogP contribution < -0.4 is 0 Å². The van der Waals surface area contributed by atoms with E-state index in [-0.39, 0.29) is 11.4 Å². The zero-order valence-electron chi connectivity index (χ0n) is 11.6. The molecular weight excluding hydrogens is 261 g/mol. The number of hydrogen-bond acceptors (Lipinski definition) is 3. The molecule has 1 aliphatic rings. The van der Waals surface area contributed by atoms with Gasteiger partial charge in [-0.1, -0.05) is 0 Å². The average molecular weight is 281 g/mol. The second-order valence-corrected chi connectivity index (χ2v) is 5.31. The lowest BCUT2D eigenvalue weighted by atomic mass is 9.98. The number of aromatic carboxylic acids is 1. The highest BCUT2D eigenvalue weighted by atomic mass is 19.1. The number of ether oxygens (including phenoxy) is 1. The van der Waals surface area contributed by atoms with Crippen LogP contribution in [0, 0.1) is 11.7 Å². The number of nitrogens with zero attached hydrogens (tertiary/aromatic N) is 1. The predicted octanol–water partition coefficient (Wildman–Crippen LogP) is 2.38. The Kier molecular flexibility index (Phi) is 5.09. The Hall–Kier alpha value is -1.46. The Labute approximate surface area is 118 Å². The number of methoxy groups -OCH3 is 1. The normalized spacial score (nSPS) is 20.0. The van der Waals surface area contributed by atoms with E-state index in [2.05, 4.69) is 4.90 Å². The monoisotopic (exact) mass is 281 g/mol. The van der Waals surface area contributed by atoms with E-state index in [0.29, 0.717) is 24.6 Å². The number of rotatable bonds is 5. The molecule has 5 heteroatoms. The molecule has 0 radical (unpaired) electrons. The standard InChI is InChI=1S/C15H20FNO3/c1-20-10-11-3-2-6-17(8-11)9-13-7-12(15(18)19)4-5-14(13)16/h4-5,7,11H,2-3,6,8-10H2,1H3,(H,18,19). The van der Waals surface area contributed by atoms with E-state index >= 15 is 0 Å². The summed E-state index contributed by atoms with van der Waals surface area (Å²) < 4.78 is 19.0. The van der Waals surface area contributed by atoms with Gasteiger partial charge in [0.2, 0.25) is 0 Å². The van der Waals surface area contributed by atoms with Gasteiger partial charge >= 0.3 is 5.97 Å². The van der Waals surface area contributed by atoms with Crippen LogP contribution in [0.25, 0.3) is 0 Å². The van der Waals surface area contributed by atoms with Crippen LogP contribution in [-0.2, 0) is 11.3 Å². The van der Waals surface area contributed by atoms with Crippen LogP contribution in [0.15, 0.2) is 18.2 Å². The van der Waals surface area contributed by atoms with E-state index in [9.17, 15) is 9.18 Å². The first kappa shape index (κ1) is 14.9. The quantitative estimate of drug-likeness (QED) is 0.900. The molecular formula is C15H20FNO3. The topological polar surface area (TPSA) is 49.8 Å². The molecule has 1 aromatic rings. The molecule has 0 saturated carbocycles. The molecule has 0 spiro atoms. The number of halogens is 1. The van der Waals surface area contributed by atoms with Gasteiger partial charge in [0.05, 0.1) is 12.2 Å². The second-order valence-electron chi connectivity index (χ2n) is 5.31. The van der Waals surface area contributed by atoms with E-state index in [4.69, 9.17) is 9.84 Å². The van der Waals surface area contributed by atoms with Crippen molar-refractivity contribution in [1.29, 1.82) is 0 Å². The molecule has 1 saturated heterocycles. The highest BCUT2D eigenvalue weighted by molar-refractivity contribution is 5.87. The summed E-state index contributed by atoms with van der Waals surface area (Å²) in [4.78, 5) is 13.1. The minimum atomic E-state index is -1.03. The molecule has 20 heavy (non-hydrogen) atoms. The lowest BCUT2D eigenvalue weighted by Gasteiger charge is -2.32. The van der Waals surface area contributed by atoms with E-state index in [1.165, 1.54) is 18.2 Å². The molecule has 1 heterocycles. The van der Waals surface area contributed by atoms with Crippen molar-refractivity contribution in [1.82, 2.24) is 4.90 Å². The van der Waals surface area contributed by atoms with Crippen molar-refractivity contribution in [2.24, 2.45) is 5.92 Å². The van der Waals surface area contributed by atoms with Crippen molar-refractivity contribution in [2.75, 3.05) is 26.8 Å². The Morgan fingerprint density at radius 1 is 1.55 bits per heavy atom. The van der Waals surface area contributed by atoms with Crippen molar-refractivity contribution >= 4 is 5.97 Å². The fraction of sp³-hybridized carbons (Fsp3) is 0.533. The number of piperidine rings is 1. The Morgan fingerprint density at radius 3 is 3.05 bits per heavy atom. The Balaban J connectivity index is 2.05. The van der Waals surface area contributed by atoms with Crippen LogP contribution in [0.3, 0.4) is 0 Å². The lowest BCUT2D eigenvalue weighted by Crippen LogP contribution is -2.36. The van der Waals surface area contributed by atoms with E-state index in [1.54, 1.807) is 7.11 Å². The summed E-state index contributed by atoms with van der Waals surface area (Å²) in [5, 5.41) is 8.97. The first-order chi connectivity index (χ1) is 9.60. The van der Waals surface area contributed by atoms with Gasteiger partial charge in [-0.25, -0.2) is 9.18 Å². The van der Waals surface area contributed by atoms with E-state index in [1.807, 2.05) is 0 Å². The molecule has 1 aromatic carbocycles. The minimum Gasteiger partial charge on any atom is -0.478 e.